The van der Waals surface area contributed by atoms with Crippen LogP contribution < -0.4 is 5.56 Å². The van der Waals surface area contributed by atoms with E-state index in [4.69, 9.17) is 12.2 Å². The summed E-state index contributed by atoms with van der Waals surface area (Å²) in [6.07, 6.45) is 24.5. The third-order valence-corrected chi connectivity index (χ3v) is 5.18. The Morgan fingerprint density at radius 1 is 0.885 bits per heavy atom. The lowest BCUT2D eigenvalue weighted by Crippen LogP contribution is -2.20. The van der Waals surface area contributed by atoms with Gasteiger partial charge in [0, 0.05) is 18.8 Å². The van der Waals surface area contributed by atoms with Gasteiger partial charge in [-0.3, -0.25) is 9.36 Å². The van der Waals surface area contributed by atoms with E-state index in [1.807, 2.05) is 0 Å². The summed E-state index contributed by atoms with van der Waals surface area (Å²) in [5, 5.41) is 0. The van der Waals surface area contributed by atoms with Gasteiger partial charge in [-0.2, -0.15) is 0 Å². The molecule has 4 heteroatoms. The van der Waals surface area contributed by atoms with Gasteiger partial charge in [0.2, 0.25) is 0 Å². The number of hydrogen-bond acceptors (Lipinski definition) is 2. The molecule has 1 N–H and O–H groups in total. The minimum absolute atomic E-state index is 0.00139. The number of hydrogen-bond donors (Lipinski definition) is 1. The molecule has 0 atom stereocenters. The van der Waals surface area contributed by atoms with Crippen molar-refractivity contribution in [2.75, 3.05) is 0 Å². The Balaban J connectivity index is 1.88. The third-order valence-electron chi connectivity index (χ3n) is 4.84. The van der Waals surface area contributed by atoms with Crippen LogP contribution in [0, 0.1) is 4.77 Å². The maximum atomic E-state index is 11.7. The molecule has 1 aromatic rings. The number of aromatic amines is 1. The first-order valence-electron chi connectivity index (χ1n) is 10.7. The van der Waals surface area contributed by atoms with Gasteiger partial charge in [0.05, 0.1) is 0 Å². The molecule has 0 fully saturated rings. The van der Waals surface area contributed by atoms with E-state index in [2.05, 4.69) is 24.1 Å². The zero-order chi connectivity index (χ0) is 18.9. The van der Waals surface area contributed by atoms with Gasteiger partial charge in [0.25, 0.3) is 5.56 Å². The molecule has 0 spiro atoms. The van der Waals surface area contributed by atoms with Crippen molar-refractivity contribution in [2.24, 2.45) is 0 Å². The van der Waals surface area contributed by atoms with Gasteiger partial charge in [-0.25, -0.2) is 0 Å². The molecule has 0 aromatic carbocycles. The smallest absolute Gasteiger partial charge is 0.254 e. The van der Waals surface area contributed by atoms with Crippen LogP contribution in [-0.4, -0.2) is 9.55 Å². The van der Waals surface area contributed by atoms with Crippen molar-refractivity contribution >= 4 is 12.2 Å². The fourth-order valence-corrected chi connectivity index (χ4v) is 3.43. The molecule has 0 unspecified atom stereocenters. The number of aromatic nitrogens is 2. The van der Waals surface area contributed by atoms with E-state index in [9.17, 15) is 4.79 Å². The summed E-state index contributed by atoms with van der Waals surface area (Å²) in [4.78, 5) is 14.6. The van der Waals surface area contributed by atoms with Crippen LogP contribution in [0.1, 0.15) is 96.8 Å². The van der Waals surface area contributed by atoms with Crippen LogP contribution in [-0.2, 0) is 6.54 Å². The number of H-pyrrole nitrogens is 1. The van der Waals surface area contributed by atoms with Gasteiger partial charge in [-0.1, -0.05) is 76.9 Å². The van der Waals surface area contributed by atoms with E-state index < -0.39 is 0 Å². The summed E-state index contributed by atoms with van der Waals surface area (Å²) in [7, 11) is 0. The minimum Gasteiger partial charge on any atom is -0.339 e. The van der Waals surface area contributed by atoms with Crippen LogP contribution in [0.5, 0.6) is 0 Å². The number of allylic oxidation sites excluding steroid dienone is 2. The standard InChI is InChI=1S/C22H38N2OS/c1-2-3-4-5-6-7-8-9-10-11-12-13-14-15-16-17-20-24-21(25)18-19-23-22(24)26/h9-10,18-19H,2-8,11-17,20H2,1H3,(H,23,26)/b10-9-. The molecule has 0 saturated heterocycles. The Labute approximate surface area is 164 Å². The molecule has 1 aromatic heterocycles. The molecule has 0 bridgehead atoms. The average molecular weight is 379 g/mol. The van der Waals surface area contributed by atoms with E-state index in [0.717, 1.165) is 13.0 Å². The van der Waals surface area contributed by atoms with E-state index in [1.165, 1.54) is 89.5 Å². The normalized spacial score (nSPS) is 11.4. The summed E-state index contributed by atoms with van der Waals surface area (Å²) in [5.41, 5.74) is 0.00139. The molecule has 3 nitrogen and oxygen atoms in total. The zero-order valence-corrected chi connectivity index (χ0v) is 17.5. The van der Waals surface area contributed by atoms with Gasteiger partial charge >= 0.3 is 0 Å². The van der Waals surface area contributed by atoms with Crippen LogP contribution in [0.2, 0.25) is 0 Å². The second-order valence-corrected chi connectivity index (χ2v) is 7.60. The molecule has 0 saturated carbocycles. The lowest BCUT2D eigenvalue weighted by molar-refractivity contribution is 0.538. The van der Waals surface area contributed by atoms with E-state index in [-0.39, 0.29) is 5.56 Å². The molecular formula is C22H38N2OS. The fourth-order valence-electron chi connectivity index (χ4n) is 3.18. The Bertz CT molecular complexity index is 560. The van der Waals surface area contributed by atoms with Crippen LogP contribution in [0.3, 0.4) is 0 Å². The molecular weight excluding hydrogens is 340 g/mol. The highest BCUT2D eigenvalue weighted by Gasteiger charge is 1.97. The number of nitrogens with zero attached hydrogens (tertiary/aromatic N) is 1. The second-order valence-electron chi connectivity index (χ2n) is 7.21. The molecule has 0 aliphatic rings. The Kier molecular flexibility index (Phi) is 14.1. The molecule has 0 amide bonds. The van der Waals surface area contributed by atoms with Crippen molar-refractivity contribution in [3.63, 3.8) is 0 Å². The number of unbranched alkanes of at least 4 members (excludes halogenated alkanes) is 12. The molecule has 1 heterocycles. The van der Waals surface area contributed by atoms with Crippen LogP contribution in [0.15, 0.2) is 29.2 Å². The summed E-state index contributed by atoms with van der Waals surface area (Å²) in [6.45, 7) is 3.00. The second kappa shape index (κ2) is 16.0. The highest BCUT2D eigenvalue weighted by atomic mass is 32.1. The first-order valence-corrected chi connectivity index (χ1v) is 11.1. The van der Waals surface area contributed by atoms with Gasteiger partial charge in [-0.15, -0.1) is 0 Å². The molecule has 26 heavy (non-hydrogen) atoms. The van der Waals surface area contributed by atoms with Crippen molar-refractivity contribution in [1.29, 1.82) is 0 Å². The monoisotopic (exact) mass is 378 g/mol. The topological polar surface area (TPSA) is 37.8 Å². The van der Waals surface area contributed by atoms with Gasteiger partial charge in [0.1, 0.15) is 0 Å². The summed E-state index contributed by atoms with van der Waals surface area (Å²) in [6, 6.07) is 1.54. The minimum atomic E-state index is 0.00139. The lowest BCUT2D eigenvalue weighted by Gasteiger charge is -2.05. The van der Waals surface area contributed by atoms with Crippen molar-refractivity contribution in [3.05, 3.63) is 39.5 Å². The first kappa shape index (κ1) is 22.9. The van der Waals surface area contributed by atoms with Crippen molar-refractivity contribution in [3.8, 4) is 0 Å². The molecule has 0 aliphatic heterocycles. The summed E-state index contributed by atoms with van der Waals surface area (Å²) in [5.74, 6) is 0. The average Bonchev–Trinajstić information content (AvgIpc) is 2.63. The lowest BCUT2D eigenvalue weighted by atomic mass is 10.1. The molecule has 0 radical (unpaired) electrons. The van der Waals surface area contributed by atoms with E-state index in [0.29, 0.717) is 4.77 Å². The van der Waals surface area contributed by atoms with E-state index >= 15 is 0 Å². The summed E-state index contributed by atoms with van der Waals surface area (Å²) < 4.78 is 2.19. The maximum Gasteiger partial charge on any atom is 0.254 e. The van der Waals surface area contributed by atoms with Crippen LogP contribution >= 0.6 is 12.2 Å². The maximum absolute atomic E-state index is 11.7. The van der Waals surface area contributed by atoms with Crippen molar-refractivity contribution in [1.82, 2.24) is 9.55 Å². The Hall–Kier alpha value is -1.16. The molecule has 0 aliphatic carbocycles. The largest absolute Gasteiger partial charge is 0.339 e. The summed E-state index contributed by atoms with van der Waals surface area (Å²) >= 11 is 5.15. The molecule has 148 valence electrons. The van der Waals surface area contributed by atoms with Gasteiger partial charge in [-0.05, 0) is 44.3 Å². The fraction of sp³-hybridized carbons (Fsp3) is 0.727. The number of nitrogens with one attached hydrogen (secondary N) is 1. The van der Waals surface area contributed by atoms with Gasteiger partial charge in [0.15, 0.2) is 4.77 Å². The SMILES string of the molecule is CCCCCCCC/C=C\CCCCCCCCn1c(=O)cc[nH]c1=S. The Morgan fingerprint density at radius 3 is 2.00 bits per heavy atom. The van der Waals surface area contributed by atoms with E-state index in [1.54, 1.807) is 10.8 Å². The van der Waals surface area contributed by atoms with Crippen LogP contribution in [0.4, 0.5) is 0 Å². The first-order chi connectivity index (χ1) is 12.8. The predicted octanol–water partition coefficient (Wildman–Crippen LogP) is 6.94. The third kappa shape index (κ3) is 11.5. The zero-order valence-electron chi connectivity index (χ0n) is 16.7. The molecule has 1 rings (SSSR count). The highest BCUT2D eigenvalue weighted by molar-refractivity contribution is 7.71. The van der Waals surface area contributed by atoms with Crippen molar-refractivity contribution in [2.45, 2.75) is 103 Å². The quantitative estimate of drug-likeness (QED) is 0.192. The van der Waals surface area contributed by atoms with Crippen LogP contribution in [0.25, 0.3) is 0 Å². The highest BCUT2D eigenvalue weighted by Crippen LogP contribution is 2.10. The Morgan fingerprint density at radius 2 is 1.42 bits per heavy atom. The van der Waals surface area contributed by atoms with Gasteiger partial charge < -0.3 is 4.98 Å². The predicted molar refractivity (Wildman–Crippen MR) is 115 cm³/mol. The number of rotatable bonds is 16. The van der Waals surface area contributed by atoms with Crippen molar-refractivity contribution < 1.29 is 0 Å².